The fraction of sp³-hybridized carbons (Fsp3) is 0.560. The zero-order chi connectivity index (χ0) is 74.6. The SMILES string of the molecule is Fc1cc(C2CCC(C3CCC(CP)CC3)CC2)cc(F)c1F.Fc1cc(C2CCC(CP)CC2)cc(F)c1F.Fc1ccc(C2CCC(C3CCC(CP)CC3)CC2)cc1F.Fc1ccc(C2CCC(CP)CC2)cc1F.O=C(OC1CCC(c2cc(F)c(F)c(F)c2)CC1)c1ccc(CP)cc1. The Hall–Kier alpha value is -3.97. The summed E-state index contributed by atoms with van der Waals surface area (Å²) in [5.74, 6) is -6.17. The van der Waals surface area contributed by atoms with Crippen LogP contribution in [0.2, 0.25) is 0 Å². The van der Waals surface area contributed by atoms with E-state index in [1.807, 2.05) is 12.1 Å². The summed E-state index contributed by atoms with van der Waals surface area (Å²) in [6.45, 7) is 0. The summed E-state index contributed by atoms with van der Waals surface area (Å²) in [5.41, 5.74) is 5.27. The van der Waals surface area contributed by atoms with Gasteiger partial charge < -0.3 is 4.74 Å². The van der Waals surface area contributed by atoms with E-state index in [-0.39, 0.29) is 29.8 Å². The Morgan fingerprint density at radius 3 is 0.788 bits per heavy atom. The molecule has 0 saturated heterocycles. The summed E-state index contributed by atoms with van der Waals surface area (Å²) in [5, 5.41) is 0. The smallest absolute Gasteiger partial charge is 0.338 e. The molecule has 104 heavy (non-hydrogen) atoms. The molecule has 5 atom stereocenters. The van der Waals surface area contributed by atoms with Crippen LogP contribution in [0, 0.1) is 123 Å². The molecule has 6 aromatic carbocycles. The fourth-order valence-corrected chi connectivity index (χ4v) is 19.7. The van der Waals surface area contributed by atoms with E-state index in [2.05, 4.69) is 46.2 Å². The first-order valence-electron chi connectivity index (χ1n) is 38.2. The number of carbonyl (C=O) groups excluding carboxylic acids is 1. The monoisotopic (exact) mass is 1550 g/mol. The third-order valence-electron chi connectivity index (χ3n) is 24.3. The molecule has 570 valence electrons. The molecule has 0 heterocycles. The van der Waals surface area contributed by atoms with Gasteiger partial charge in [-0.15, -0.1) is 46.2 Å². The van der Waals surface area contributed by atoms with Crippen LogP contribution in [0.25, 0.3) is 0 Å². The van der Waals surface area contributed by atoms with Gasteiger partial charge in [0.2, 0.25) is 0 Å². The second-order valence-corrected chi connectivity index (χ2v) is 33.0. The maximum absolute atomic E-state index is 13.4. The molecule has 5 unspecified atom stereocenters. The minimum Gasteiger partial charge on any atom is -0.459 e. The lowest BCUT2D eigenvalue weighted by Gasteiger charge is -2.37. The van der Waals surface area contributed by atoms with Crippen molar-refractivity contribution in [1.29, 1.82) is 0 Å². The highest BCUT2D eigenvalue weighted by Crippen LogP contribution is 2.47. The van der Waals surface area contributed by atoms with Crippen LogP contribution in [-0.4, -0.2) is 36.7 Å². The highest BCUT2D eigenvalue weighted by atomic mass is 31.0. The molecule has 7 aliphatic rings. The number of ether oxygens (including phenoxy) is 1. The van der Waals surface area contributed by atoms with Crippen molar-refractivity contribution in [3.63, 3.8) is 0 Å². The molecular weight excluding hydrogens is 1440 g/mol. The molecule has 0 aliphatic heterocycles. The van der Waals surface area contributed by atoms with Gasteiger partial charge in [0.1, 0.15) is 6.10 Å². The number of hydrogen-bond donors (Lipinski definition) is 0. The van der Waals surface area contributed by atoms with E-state index in [0.29, 0.717) is 65.7 Å². The van der Waals surface area contributed by atoms with Crippen LogP contribution in [0.4, 0.5) is 57.1 Å². The molecule has 0 spiro atoms. The van der Waals surface area contributed by atoms with Gasteiger partial charge in [-0.25, -0.2) is 61.9 Å². The summed E-state index contributed by atoms with van der Waals surface area (Å²) in [6.07, 6.45) is 36.5. The van der Waals surface area contributed by atoms with Crippen molar-refractivity contribution < 1.29 is 66.6 Å². The van der Waals surface area contributed by atoms with Crippen molar-refractivity contribution in [3.05, 3.63) is 212 Å². The number of rotatable bonds is 14. The van der Waals surface area contributed by atoms with Gasteiger partial charge in [-0.05, 0) is 394 Å². The van der Waals surface area contributed by atoms with Gasteiger partial charge in [-0.1, -0.05) is 24.3 Å². The molecule has 0 amide bonds. The minimum absolute atomic E-state index is 0.0594. The molecule has 6 aromatic rings. The summed E-state index contributed by atoms with van der Waals surface area (Å²) < 4.78 is 177. The molecule has 7 saturated carbocycles. The minimum atomic E-state index is -1.44. The average molecular weight is 1550 g/mol. The van der Waals surface area contributed by atoms with E-state index in [1.54, 1.807) is 24.3 Å². The number of hydrogen-bond acceptors (Lipinski definition) is 2. The first-order valence-corrected chi connectivity index (χ1v) is 42.3. The zero-order valence-electron chi connectivity index (χ0n) is 59.8. The lowest BCUT2D eigenvalue weighted by molar-refractivity contribution is 0.0195. The van der Waals surface area contributed by atoms with Crippen LogP contribution in [0.5, 0.6) is 0 Å². The molecular formula is C84H106F13O2P5. The summed E-state index contributed by atoms with van der Waals surface area (Å²) >= 11 is 0. The Bertz CT molecular complexity index is 3570. The van der Waals surface area contributed by atoms with Crippen molar-refractivity contribution >= 4 is 52.2 Å². The van der Waals surface area contributed by atoms with E-state index in [0.717, 1.165) is 178 Å². The van der Waals surface area contributed by atoms with Gasteiger partial charge in [-0.2, -0.15) is 0 Å². The maximum atomic E-state index is 13.4. The van der Waals surface area contributed by atoms with Crippen molar-refractivity contribution in [2.75, 3.05) is 24.6 Å². The fourth-order valence-electron chi connectivity index (χ4n) is 17.6. The first kappa shape index (κ1) is 84.1. The molecule has 0 bridgehead atoms. The Morgan fingerprint density at radius 1 is 0.279 bits per heavy atom. The summed E-state index contributed by atoms with van der Waals surface area (Å²) in [7, 11) is 13.9. The van der Waals surface area contributed by atoms with Crippen LogP contribution in [0.1, 0.15) is 253 Å². The predicted molar refractivity (Wildman–Crippen MR) is 410 cm³/mol. The molecule has 7 fully saturated rings. The third kappa shape index (κ3) is 24.0. The summed E-state index contributed by atoms with van der Waals surface area (Å²) in [6, 6.07) is 22.8. The lowest BCUT2D eigenvalue weighted by atomic mass is 9.68. The molecule has 13 rings (SSSR count). The Balaban J connectivity index is 0.000000152. The van der Waals surface area contributed by atoms with Crippen LogP contribution in [-0.2, 0) is 10.9 Å². The van der Waals surface area contributed by atoms with Gasteiger partial charge in [0.15, 0.2) is 75.6 Å². The maximum Gasteiger partial charge on any atom is 0.338 e. The van der Waals surface area contributed by atoms with Gasteiger partial charge in [-0.3, -0.25) is 0 Å². The number of benzene rings is 6. The van der Waals surface area contributed by atoms with Crippen LogP contribution in [0.3, 0.4) is 0 Å². The number of esters is 1. The van der Waals surface area contributed by atoms with E-state index in [4.69, 9.17) is 4.74 Å². The molecule has 7 aliphatic carbocycles. The highest BCUT2D eigenvalue weighted by Gasteiger charge is 2.35. The number of halogens is 13. The standard InChI is InChI=1S/C20H20F3O2P.C19H26F3P.C19H27F2P.C13H16F3P.C13H17F2P/c21-17-9-15(10-18(22)19(17)23)13-5-7-16(8-6-13)25-20(24)14-3-1-12(11-26)2-4-14;20-17-9-16(10-18(21)19(17)22)15-7-5-14(6-8-15)13-3-1-12(11-23)2-4-13;20-18-10-9-17(11-19(18)21)16-7-5-15(6-8-16)14-3-1-13(12-22)2-4-14;14-11-5-10(6-12(15)13(11)16)9-3-1-8(7-17)2-4-9;14-12-6-5-11(7-13(12)15)10-3-1-9(8-16)2-4-10/h1-4,9-10,13,16H,5-8,11,26H2;9-10,12-15H,1-8,11,23H2;9-11,13-16H,1-8,12,22H2;5-6,8-9H,1-4,7,17H2;5-7,9-10H,1-4,8,16H2. The largest absolute Gasteiger partial charge is 0.459 e. The molecule has 0 N–H and O–H groups in total. The van der Waals surface area contributed by atoms with Crippen LogP contribution in [0.15, 0.2) is 97.1 Å². The second-order valence-electron chi connectivity index (χ2n) is 30.7. The Kier molecular flexibility index (Phi) is 33.7. The Labute approximate surface area is 620 Å². The first-order chi connectivity index (χ1) is 50.0. The number of carbonyl (C=O) groups is 1. The van der Waals surface area contributed by atoms with Gasteiger partial charge in [0.25, 0.3) is 0 Å². The van der Waals surface area contributed by atoms with Crippen molar-refractivity contribution in [2.45, 2.75) is 222 Å². The van der Waals surface area contributed by atoms with Crippen molar-refractivity contribution in [1.82, 2.24) is 0 Å². The summed E-state index contributed by atoms with van der Waals surface area (Å²) in [4.78, 5) is 12.2. The Morgan fingerprint density at radius 2 is 0.519 bits per heavy atom. The average Bonchev–Trinajstić information content (AvgIpc) is 0.839. The molecule has 0 radical (unpaired) electrons. The normalized spacial score (nSPS) is 27.1. The van der Waals surface area contributed by atoms with E-state index in [9.17, 15) is 61.9 Å². The van der Waals surface area contributed by atoms with Crippen molar-refractivity contribution in [2.24, 2.45) is 47.3 Å². The quantitative estimate of drug-likeness (QED) is 0.0470. The van der Waals surface area contributed by atoms with Crippen LogP contribution < -0.4 is 0 Å². The van der Waals surface area contributed by atoms with Gasteiger partial charge in [0.05, 0.1) is 5.56 Å². The molecule has 2 nitrogen and oxygen atoms in total. The highest BCUT2D eigenvalue weighted by molar-refractivity contribution is 7.17. The molecule has 0 aromatic heterocycles. The predicted octanol–water partition coefficient (Wildman–Crippen LogP) is 25.7. The topological polar surface area (TPSA) is 26.3 Å². The van der Waals surface area contributed by atoms with E-state index < -0.39 is 75.6 Å². The third-order valence-corrected chi connectivity index (χ3v) is 27.5. The van der Waals surface area contributed by atoms with E-state index >= 15 is 0 Å². The lowest BCUT2D eigenvalue weighted by Crippen LogP contribution is -2.25. The van der Waals surface area contributed by atoms with Gasteiger partial charge in [0, 0.05) is 0 Å². The van der Waals surface area contributed by atoms with Gasteiger partial charge >= 0.3 is 5.97 Å². The molecule has 20 heteroatoms. The zero-order valence-corrected chi connectivity index (χ0v) is 65.5. The van der Waals surface area contributed by atoms with Crippen molar-refractivity contribution in [3.8, 4) is 0 Å². The van der Waals surface area contributed by atoms with E-state index in [1.165, 1.54) is 126 Å². The second kappa shape index (κ2) is 41.7. The van der Waals surface area contributed by atoms with Crippen LogP contribution >= 0.6 is 46.2 Å².